The fourth-order valence-corrected chi connectivity index (χ4v) is 2.50. The minimum atomic E-state index is 0.245. The molecule has 0 aliphatic rings. The molecule has 3 aromatic rings. The van der Waals surface area contributed by atoms with Gasteiger partial charge in [0.1, 0.15) is 5.69 Å². The second kappa shape index (κ2) is 4.59. The van der Waals surface area contributed by atoms with E-state index in [1.54, 1.807) is 0 Å². The monoisotopic (exact) mass is 270 g/mol. The minimum Gasteiger partial charge on any atom is -0.296 e. The number of pyridine rings is 1. The fourth-order valence-electron chi connectivity index (χ4n) is 2.16. The highest BCUT2D eigenvalue weighted by molar-refractivity contribution is 7.71. The van der Waals surface area contributed by atoms with Crippen molar-refractivity contribution in [2.24, 2.45) is 0 Å². The highest BCUT2D eigenvalue weighted by atomic mass is 32.1. The average molecular weight is 270 g/mol. The van der Waals surface area contributed by atoms with Gasteiger partial charge in [0.05, 0.1) is 5.52 Å². The topological polar surface area (TPSA) is 46.5 Å². The molecular weight excluding hydrogens is 256 g/mol. The molecule has 0 saturated carbocycles. The molecule has 0 unspecified atom stereocenters. The van der Waals surface area contributed by atoms with E-state index in [1.165, 1.54) is 0 Å². The second-order valence-corrected chi connectivity index (χ2v) is 5.09. The van der Waals surface area contributed by atoms with Gasteiger partial charge < -0.3 is 0 Å². The number of fused-ring (bicyclic) bond motifs is 1. The summed E-state index contributed by atoms with van der Waals surface area (Å²) in [6.45, 7) is 4.16. The Morgan fingerprint density at radius 3 is 2.74 bits per heavy atom. The van der Waals surface area contributed by atoms with Crippen LogP contribution in [0.15, 0.2) is 36.4 Å². The first-order valence-corrected chi connectivity index (χ1v) is 6.60. The van der Waals surface area contributed by atoms with Crippen molar-refractivity contribution in [3.63, 3.8) is 0 Å². The molecule has 96 valence electrons. The van der Waals surface area contributed by atoms with Crippen molar-refractivity contribution in [1.82, 2.24) is 19.7 Å². The molecule has 0 amide bonds. The molecule has 4 nitrogen and oxygen atoms in total. The van der Waals surface area contributed by atoms with Crippen LogP contribution in [0.25, 0.3) is 22.4 Å². The van der Waals surface area contributed by atoms with Crippen LogP contribution in [0.2, 0.25) is 0 Å². The maximum absolute atomic E-state index is 5.26. The molecule has 5 heteroatoms. The van der Waals surface area contributed by atoms with Crippen molar-refractivity contribution in [2.75, 3.05) is 0 Å². The Balaban J connectivity index is 2.22. The van der Waals surface area contributed by atoms with Gasteiger partial charge in [0.15, 0.2) is 10.6 Å². The first-order chi connectivity index (χ1) is 9.16. The first kappa shape index (κ1) is 12.0. The van der Waals surface area contributed by atoms with Crippen molar-refractivity contribution in [3.05, 3.63) is 41.2 Å². The number of aromatic nitrogens is 4. The van der Waals surface area contributed by atoms with E-state index in [9.17, 15) is 0 Å². The zero-order chi connectivity index (χ0) is 13.4. The van der Waals surface area contributed by atoms with Crippen LogP contribution in [0, 0.1) is 4.77 Å². The number of nitrogens with zero attached hydrogens (tertiary/aromatic N) is 3. The van der Waals surface area contributed by atoms with E-state index >= 15 is 0 Å². The summed E-state index contributed by atoms with van der Waals surface area (Å²) >= 11 is 5.26. The number of hydrogen-bond donors (Lipinski definition) is 1. The maximum atomic E-state index is 5.26. The Kier molecular flexibility index (Phi) is 2.91. The van der Waals surface area contributed by atoms with E-state index in [0.29, 0.717) is 4.77 Å². The van der Waals surface area contributed by atoms with Gasteiger partial charge in [-0.1, -0.05) is 24.3 Å². The third-order valence-corrected chi connectivity index (χ3v) is 3.34. The maximum Gasteiger partial charge on any atom is 0.195 e. The summed E-state index contributed by atoms with van der Waals surface area (Å²) in [7, 11) is 0. The number of H-pyrrole nitrogens is 1. The number of hydrogen-bond acceptors (Lipinski definition) is 3. The molecular formula is C14H14N4S. The van der Waals surface area contributed by atoms with Gasteiger partial charge in [-0.15, -0.1) is 0 Å². The van der Waals surface area contributed by atoms with Crippen molar-refractivity contribution >= 4 is 23.1 Å². The zero-order valence-electron chi connectivity index (χ0n) is 10.8. The first-order valence-electron chi connectivity index (χ1n) is 6.20. The largest absolute Gasteiger partial charge is 0.296 e. The van der Waals surface area contributed by atoms with E-state index in [1.807, 2.05) is 34.9 Å². The van der Waals surface area contributed by atoms with Crippen LogP contribution in [0.3, 0.4) is 0 Å². The van der Waals surface area contributed by atoms with E-state index in [2.05, 4.69) is 35.1 Å². The smallest absolute Gasteiger partial charge is 0.195 e. The molecule has 0 aliphatic carbocycles. The second-order valence-electron chi connectivity index (χ2n) is 4.71. The lowest BCUT2D eigenvalue weighted by atomic mass is 10.2. The number of benzene rings is 1. The van der Waals surface area contributed by atoms with Gasteiger partial charge in [0.25, 0.3) is 0 Å². The van der Waals surface area contributed by atoms with Gasteiger partial charge in [0, 0.05) is 11.4 Å². The Hall–Kier alpha value is -2.01. The summed E-state index contributed by atoms with van der Waals surface area (Å²) in [5, 5.41) is 8.26. The standard InChI is InChI=1S/C14H14N4S/c1-9(2)18-13(16-17-14(18)19)12-8-7-10-5-3-4-6-11(10)15-12/h3-9H,1-2H3,(H,17,19). The predicted molar refractivity (Wildman–Crippen MR) is 78.5 cm³/mol. The van der Waals surface area contributed by atoms with Gasteiger partial charge in [0.2, 0.25) is 0 Å². The molecule has 0 radical (unpaired) electrons. The van der Waals surface area contributed by atoms with Crippen LogP contribution in [0.4, 0.5) is 0 Å². The molecule has 2 heterocycles. The average Bonchev–Trinajstić information content (AvgIpc) is 2.80. The molecule has 0 saturated heterocycles. The molecule has 19 heavy (non-hydrogen) atoms. The van der Waals surface area contributed by atoms with Gasteiger partial charge in [-0.25, -0.2) is 4.98 Å². The molecule has 0 spiro atoms. The Morgan fingerprint density at radius 1 is 1.16 bits per heavy atom. The summed E-state index contributed by atoms with van der Waals surface area (Å²) in [5.74, 6) is 0.783. The van der Waals surface area contributed by atoms with Crippen LogP contribution in [0.1, 0.15) is 19.9 Å². The van der Waals surface area contributed by atoms with E-state index < -0.39 is 0 Å². The normalized spacial score (nSPS) is 11.3. The SMILES string of the molecule is CC(C)n1c(-c2ccc3ccccc3n2)n[nH]c1=S. The van der Waals surface area contributed by atoms with Gasteiger partial charge in [-0.05, 0) is 38.2 Å². The zero-order valence-corrected chi connectivity index (χ0v) is 11.6. The van der Waals surface area contributed by atoms with Gasteiger partial charge in [-0.2, -0.15) is 5.10 Å². The van der Waals surface area contributed by atoms with E-state index in [-0.39, 0.29) is 6.04 Å². The molecule has 3 rings (SSSR count). The van der Waals surface area contributed by atoms with Crippen LogP contribution >= 0.6 is 12.2 Å². The minimum absolute atomic E-state index is 0.245. The number of aromatic amines is 1. The third-order valence-electron chi connectivity index (χ3n) is 3.05. The third kappa shape index (κ3) is 2.06. The summed E-state index contributed by atoms with van der Waals surface area (Å²) in [6.07, 6.45) is 0. The molecule has 0 bridgehead atoms. The molecule has 0 atom stereocenters. The summed E-state index contributed by atoms with van der Waals surface area (Å²) in [4.78, 5) is 4.65. The highest BCUT2D eigenvalue weighted by Gasteiger charge is 2.12. The quantitative estimate of drug-likeness (QED) is 0.722. The summed E-state index contributed by atoms with van der Waals surface area (Å²) in [6, 6.07) is 12.3. The molecule has 1 N–H and O–H groups in total. The molecule has 0 aliphatic heterocycles. The lowest BCUT2D eigenvalue weighted by Gasteiger charge is -2.10. The Bertz CT molecular complexity index is 785. The predicted octanol–water partition coefficient (Wildman–Crippen LogP) is 3.74. The number of para-hydroxylation sites is 1. The lowest BCUT2D eigenvalue weighted by Crippen LogP contribution is -2.04. The fraction of sp³-hybridized carbons (Fsp3) is 0.214. The summed E-state index contributed by atoms with van der Waals surface area (Å²) < 4.78 is 2.60. The van der Waals surface area contributed by atoms with Crippen molar-refractivity contribution in [1.29, 1.82) is 0 Å². The molecule has 1 aromatic carbocycles. The number of rotatable bonds is 2. The van der Waals surface area contributed by atoms with Gasteiger partial charge in [-0.3, -0.25) is 9.67 Å². The van der Waals surface area contributed by atoms with Gasteiger partial charge >= 0.3 is 0 Å². The van der Waals surface area contributed by atoms with Crippen molar-refractivity contribution in [2.45, 2.75) is 19.9 Å². The van der Waals surface area contributed by atoms with Crippen LogP contribution in [-0.4, -0.2) is 19.7 Å². The van der Waals surface area contributed by atoms with E-state index in [0.717, 1.165) is 22.4 Å². The van der Waals surface area contributed by atoms with Crippen molar-refractivity contribution in [3.8, 4) is 11.5 Å². The van der Waals surface area contributed by atoms with Crippen LogP contribution < -0.4 is 0 Å². The summed E-state index contributed by atoms with van der Waals surface area (Å²) in [5.41, 5.74) is 1.80. The molecule has 0 fully saturated rings. The Labute approximate surface area is 116 Å². The van der Waals surface area contributed by atoms with Crippen molar-refractivity contribution < 1.29 is 0 Å². The van der Waals surface area contributed by atoms with E-state index in [4.69, 9.17) is 12.2 Å². The van der Waals surface area contributed by atoms with Crippen LogP contribution in [-0.2, 0) is 0 Å². The lowest BCUT2D eigenvalue weighted by molar-refractivity contribution is 0.596. The highest BCUT2D eigenvalue weighted by Crippen LogP contribution is 2.21. The Morgan fingerprint density at radius 2 is 1.95 bits per heavy atom. The van der Waals surface area contributed by atoms with Crippen LogP contribution in [0.5, 0.6) is 0 Å². The molecule has 2 aromatic heterocycles. The number of nitrogens with one attached hydrogen (secondary N) is 1.